The van der Waals surface area contributed by atoms with E-state index in [-0.39, 0.29) is 17.4 Å². The van der Waals surface area contributed by atoms with Crippen molar-refractivity contribution in [3.8, 4) is 0 Å². The molecule has 2 aromatic carbocycles. The van der Waals surface area contributed by atoms with Crippen LogP contribution in [0.25, 0.3) is 0 Å². The molecule has 1 aliphatic rings. The molecule has 2 amide bonds. The summed E-state index contributed by atoms with van der Waals surface area (Å²) in [5.41, 5.74) is 3.16. The molecule has 0 aliphatic carbocycles. The number of nitrogens with one attached hydrogen (secondary N) is 1. The van der Waals surface area contributed by atoms with Crippen LogP contribution in [0.3, 0.4) is 0 Å². The van der Waals surface area contributed by atoms with Crippen LogP contribution in [0, 0.1) is 6.92 Å². The molecule has 6 heteroatoms. The quantitative estimate of drug-likeness (QED) is 0.503. The predicted octanol–water partition coefficient (Wildman–Crippen LogP) is 2.76. The largest absolute Gasteiger partial charge is 0.388 e. The highest BCUT2D eigenvalue weighted by atomic mass is 16.5. The highest BCUT2D eigenvalue weighted by molar-refractivity contribution is 6.32. The number of methoxy groups -OCH3 is 1. The number of ether oxygens (including phenoxy) is 1. The molecule has 0 saturated carbocycles. The Balaban J connectivity index is 2.13. The Labute approximate surface area is 159 Å². The number of anilines is 3. The van der Waals surface area contributed by atoms with E-state index < -0.39 is 0 Å². The summed E-state index contributed by atoms with van der Waals surface area (Å²) in [7, 11) is 3.28. The second kappa shape index (κ2) is 8.05. The summed E-state index contributed by atoms with van der Waals surface area (Å²) in [5.74, 6) is -0.722. The van der Waals surface area contributed by atoms with E-state index >= 15 is 0 Å². The van der Waals surface area contributed by atoms with Crippen molar-refractivity contribution < 1.29 is 14.3 Å². The lowest BCUT2D eigenvalue weighted by atomic mass is 10.1. The van der Waals surface area contributed by atoms with E-state index in [1.165, 1.54) is 11.1 Å². The van der Waals surface area contributed by atoms with Gasteiger partial charge < -0.3 is 15.0 Å². The summed E-state index contributed by atoms with van der Waals surface area (Å²) in [5, 5.41) is 2.99. The van der Waals surface area contributed by atoms with Crippen LogP contribution in [0.1, 0.15) is 5.56 Å². The molecule has 1 N–H and O–H groups in total. The van der Waals surface area contributed by atoms with Gasteiger partial charge in [-0.15, -0.1) is 0 Å². The third-order valence-electron chi connectivity index (χ3n) is 4.41. The molecular formula is C21H23N3O3. The van der Waals surface area contributed by atoms with Crippen LogP contribution in [-0.4, -0.2) is 39.1 Å². The summed E-state index contributed by atoms with van der Waals surface area (Å²) in [6.45, 7) is 2.94. The Bertz CT molecular complexity index is 877. The smallest absolute Gasteiger partial charge is 0.269 e. The summed E-state index contributed by atoms with van der Waals surface area (Å²) in [6.07, 6.45) is 1.48. The Morgan fingerprint density at radius 2 is 1.78 bits per heavy atom. The molecule has 2 aromatic rings. The Morgan fingerprint density at radius 1 is 1.04 bits per heavy atom. The van der Waals surface area contributed by atoms with Crippen molar-refractivity contribution in [2.75, 3.05) is 37.1 Å². The van der Waals surface area contributed by atoms with E-state index in [9.17, 15) is 9.59 Å². The lowest BCUT2D eigenvalue weighted by Gasteiger charge is -2.24. The van der Waals surface area contributed by atoms with Crippen molar-refractivity contribution in [1.29, 1.82) is 0 Å². The molecule has 0 saturated heterocycles. The summed E-state index contributed by atoms with van der Waals surface area (Å²) >= 11 is 0. The van der Waals surface area contributed by atoms with E-state index in [2.05, 4.69) is 5.32 Å². The molecule has 0 aromatic heterocycles. The van der Waals surface area contributed by atoms with Gasteiger partial charge in [0.25, 0.3) is 11.8 Å². The monoisotopic (exact) mass is 365 g/mol. The van der Waals surface area contributed by atoms with Gasteiger partial charge in [-0.1, -0.05) is 24.3 Å². The number of aryl methyl sites for hydroxylation is 1. The van der Waals surface area contributed by atoms with Crippen molar-refractivity contribution in [1.82, 2.24) is 5.32 Å². The molecule has 1 heterocycles. The van der Waals surface area contributed by atoms with Crippen LogP contribution in [0.15, 0.2) is 60.3 Å². The van der Waals surface area contributed by atoms with Gasteiger partial charge in [0.2, 0.25) is 0 Å². The minimum atomic E-state index is -0.370. The van der Waals surface area contributed by atoms with Gasteiger partial charge in [-0.3, -0.25) is 14.5 Å². The zero-order chi connectivity index (χ0) is 19.4. The predicted molar refractivity (Wildman–Crippen MR) is 106 cm³/mol. The number of hydrogen-bond acceptors (Lipinski definition) is 4. The number of benzene rings is 2. The average Bonchev–Trinajstić information content (AvgIpc) is 2.75. The van der Waals surface area contributed by atoms with Crippen LogP contribution < -0.4 is 15.1 Å². The Hall–Kier alpha value is -3.12. The molecular weight excluding hydrogens is 342 g/mol. The number of hydrogen-bond donors (Lipinski definition) is 1. The van der Waals surface area contributed by atoms with Gasteiger partial charge in [0.1, 0.15) is 5.57 Å². The van der Waals surface area contributed by atoms with Gasteiger partial charge in [0, 0.05) is 32.6 Å². The van der Waals surface area contributed by atoms with E-state index in [4.69, 9.17) is 4.74 Å². The molecule has 0 bridgehead atoms. The number of rotatable bonds is 5. The maximum Gasteiger partial charge on any atom is 0.269 e. The third-order valence-corrected chi connectivity index (χ3v) is 4.41. The number of nitrogens with zero attached hydrogens (tertiary/aromatic N) is 2. The highest BCUT2D eigenvalue weighted by Gasteiger charge is 2.35. The first kappa shape index (κ1) is 18.7. The zero-order valence-electron chi connectivity index (χ0n) is 15.7. The summed E-state index contributed by atoms with van der Waals surface area (Å²) < 4.78 is 5.00. The number of likely N-dealkylation sites (N-methyl/N-ethyl adjacent to an activating group) is 1. The summed E-state index contributed by atoms with van der Waals surface area (Å²) in [4.78, 5) is 29.5. The molecule has 3 rings (SSSR count). The van der Waals surface area contributed by atoms with Gasteiger partial charge in [-0.05, 0) is 36.8 Å². The van der Waals surface area contributed by atoms with Crippen molar-refractivity contribution >= 4 is 28.9 Å². The van der Waals surface area contributed by atoms with Crippen molar-refractivity contribution in [3.63, 3.8) is 0 Å². The van der Waals surface area contributed by atoms with Crippen LogP contribution in [0.2, 0.25) is 0 Å². The second-order valence-corrected chi connectivity index (χ2v) is 6.34. The molecule has 1 aliphatic heterocycles. The van der Waals surface area contributed by atoms with Crippen molar-refractivity contribution in [3.05, 3.63) is 65.9 Å². The minimum absolute atomic E-state index is 0.0753. The molecule has 0 fully saturated rings. The van der Waals surface area contributed by atoms with Crippen molar-refractivity contribution in [2.24, 2.45) is 0 Å². The van der Waals surface area contributed by atoms with Crippen LogP contribution in [-0.2, 0) is 14.3 Å². The standard InChI is InChI=1S/C21H23N3O3/c1-15-9-10-18-19(13-15)23(2)20(25)17(14-22-11-12-27-3)21(26)24(18)16-7-5-4-6-8-16/h4-10,13-14,22H,11-12H2,1-3H3/b17-14-. The molecule has 0 unspecified atom stereocenters. The third kappa shape index (κ3) is 3.71. The SMILES string of the molecule is COCCN/C=C1/C(=O)N(C)c2cc(C)ccc2N(c2ccccc2)C1=O. The van der Waals surface area contributed by atoms with Crippen LogP contribution in [0.4, 0.5) is 17.1 Å². The minimum Gasteiger partial charge on any atom is -0.388 e. The zero-order valence-corrected chi connectivity index (χ0v) is 15.7. The molecule has 0 radical (unpaired) electrons. The van der Waals surface area contributed by atoms with Gasteiger partial charge in [0.15, 0.2) is 0 Å². The first-order valence-corrected chi connectivity index (χ1v) is 8.75. The van der Waals surface area contributed by atoms with Gasteiger partial charge in [0.05, 0.1) is 18.0 Å². The fourth-order valence-electron chi connectivity index (χ4n) is 2.99. The molecule has 0 spiro atoms. The van der Waals surface area contributed by atoms with E-state index in [0.717, 1.165) is 5.56 Å². The second-order valence-electron chi connectivity index (χ2n) is 6.34. The number of amides is 2. The first-order valence-electron chi connectivity index (χ1n) is 8.75. The maximum absolute atomic E-state index is 13.4. The first-order chi connectivity index (χ1) is 13.0. The topological polar surface area (TPSA) is 61.9 Å². The molecule has 6 nitrogen and oxygen atoms in total. The molecule has 27 heavy (non-hydrogen) atoms. The van der Waals surface area contributed by atoms with Gasteiger partial charge in [-0.2, -0.15) is 0 Å². The van der Waals surface area contributed by atoms with Gasteiger partial charge >= 0.3 is 0 Å². The van der Waals surface area contributed by atoms with E-state index in [0.29, 0.717) is 30.2 Å². The van der Waals surface area contributed by atoms with Crippen molar-refractivity contribution in [2.45, 2.75) is 6.92 Å². The lowest BCUT2D eigenvalue weighted by molar-refractivity contribution is -0.120. The fourth-order valence-corrected chi connectivity index (χ4v) is 2.99. The molecule has 0 atom stereocenters. The van der Waals surface area contributed by atoms with E-state index in [1.807, 2.05) is 55.5 Å². The van der Waals surface area contributed by atoms with E-state index in [1.54, 1.807) is 19.1 Å². The molecule has 140 valence electrons. The number of carbonyl (C=O) groups excluding carboxylic acids is 2. The Morgan fingerprint density at radius 3 is 2.48 bits per heavy atom. The number of carbonyl (C=O) groups is 2. The average molecular weight is 365 g/mol. The van der Waals surface area contributed by atoms with Crippen LogP contribution in [0.5, 0.6) is 0 Å². The number of para-hydroxylation sites is 1. The van der Waals surface area contributed by atoms with Gasteiger partial charge in [-0.25, -0.2) is 0 Å². The fraction of sp³-hybridized carbons (Fsp3) is 0.238. The number of fused-ring (bicyclic) bond motifs is 1. The summed E-state index contributed by atoms with van der Waals surface area (Å²) in [6, 6.07) is 15.1. The van der Waals surface area contributed by atoms with Crippen LogP contribution >= 0.6 is 0 Å². The Kier molecular flexibility index (Phi) is 5.57. The maximum atomic E-state index is 13.4. The normalized spacial score (nSPS) is 15.7. The lowest BCUT2D eigenvalue weighted by Crippen LogP contribution is -2.33. The highest BCUT2D eigenvalue weighted by Crippen LogP contribution is 2.38.